The lowest BCUT2D eigenvalue weighted by atomic mass is 10.2. The summed E-state index contributed by atoms with van der Waals surface area (Å²) in [7, 11) is 1.60. The van der Waals surface area contributed by atoms with Gasteiger partial charge in [0.15, 0.2) is 0 Å². The zero-order valence-corrected chi connectivity index (χ0v) is 12.4. The molecule has 0 saturated carbocycles. The molecule has 106 valence electrons. The van der Waals surface area contributed by atoms with Crippen LogP contribution < -0.4 is 15.4 Å². The van der Waals surface area contributed by atoms with Crippen LogP contribution in [0.1, 0.15) is 25.3 Å². The minimum absolute atomic E-state index is 0.0546. The molecule has 0 fully saturated rings. The molecule has 1 rings (SSSR count). The summed E-state index contributed by atoms with van der Waals surface area (Å²) in [5.74, 6) is 0.739. The van der Waals surface area contributed by atoms with Gasteiger partial charge in [0, 0.05) is 30.6 Å². The third kappa shape index (κ3) is 4.99. The minimum atomic E-state index is 0.0546. The molecule has 0 aliphatic rings. The van der Waals surface area contributed by atoms with Crippen LogP contribution in [0.4, 0.5) is 5.69 Å². The fraction of sp³-hybridized carbons (Fsp3) is 0.500. The van der Waals surface area contributed by atoms with Crippen molar-refractivity contribution in [1.29, 1.82) is 0 Å². The van der Waals surface area contributed by atoms with E-state index < -0.39 is 0 Å². The Labute approximate surface area is 119 Å². The molecule has 0 radical (unpaired) electrons. The first-order chi connectivity index (χ1) is 9.08. The molecule has 0 heterocycles. The fourth-order valence-corrected chi connectivity index (χ4v) is 1.79. The van der Waals surface area contributed by atoms with E-state index in [1.807, 2.05) is 19.9 Å². The summed E-state index contributed by atoms with van der Waals surface area (Å²) in [6.07, 6.45) is 1.38. The lowest BCUT2D eigenvalue weighted by Crippen LogP contribution is -2.25. The maximum atomic E-state index is 11.5. The Morgan fingerprint density at radius 1 is 1.37 bits per heavy atom. The number of anilines is 1. The zero-order chi connectivity index (χ0) is 14.3. The van der Waals surface area contributed by atoms with E-state index in [9.17, 15) is 4.79 Å². The van der Waals surface area contributed by atoms with Gasteiger partial charge in [-0.15, -0.1) is 0 Å². The molecule has 0 unspecified atom stereocenters. The Kier molecular flexibility index (Phi) is 6.50. The van der Waals surface area contributed by atoms with Gasteiger partial charge in [-0.05, 0) is 25.0 Å². The average Bonchev–Trinajstić information content (AvgIpc) is 2.40. The number of rotatable bonds is 7. The predicted molar refractivity (Wildman–Crippen MR) is 79.1 cm³/mol. The van der Waals surface area contributed by atoms with Gasteiger partial charge >= 0.3 is 0 Å². The molecular formula is C14H21ClN2O2. The largest absolute Gasteiger partial charge is 0.495 e. The lowest BCUT2D eigenvalue weighted by Gasteiger charge is -2.13. The van der Waals surface area contributed by atoms with Crippen LogP contribution >= 0.6 is 11.6 Å². The number of methoxy groups -OCH3 is 1. The molecule has 0 atom stereocenters. The Balaban J connectivity index is 2.53. The molecular weight excluding hydrogens is 264 g/mol. The van der Waals surface area contributed by atoms with Gasteiger partial charge in [-0.1, -0.05) is 18.5 Å². The van der Waals surface area contributed by atoms with Crippen LogP contribution in [-0.4, -0.2) is 26.1 Å². The molecule has 2 N–H and O–H groups in total. The summed E-state index contributed by atoms with van der Waals surface area (Å²) < 4.78 is 5.26. The van der Waals surface area contributed by atoms with Crippen molar-refractivity contribution < 1.29 is 9.53 Å². The molecule has 0 spiro atoms. The first-order valence-corrected chi connectivity index (χ1v) is 6.81. The first-order valence-electron chi connectivity index (χ1n) is 6.43. The molecule has 0 bridgehead atoms. The third-order valence-electron chi connectivity index (χ3n) is 2.72. The number of halogens is 1. The number of carbonyl (C=O) groups excluding carboxylic acids is 1. The maximum Gasteiger partial charge on any atom is 0.221 e. The van der Waals surface area contributed by atoms with E-state index in [-0.39, 0.29) is 5.91 Å². The van der Waals surface area contributed by atoms with Gasteiger partial charge in [-0.2, -0.15) is 0 Å². The van der Waals surface area contributed by atoms with Gasteiger partial charge in [0.05, 0.1) is 12.8 Å². The molecule has 0 aliphatic carbocycles. The highest BCUT2D eigenvalue weighted by Gasteiger charge is 2.07. The van der Waals surface area contributed by atoms with E-state index in [1.165, 1.54) is 0 Å². The van der Waals surface area contributed by atoms with Crippen molar-refractivity contribution in [3.05, 3.63) is 22.7 Å². The number of aryl methyl sites for hydroxylation is 1. The van der Waals surface area contributed by atoms with Crippen LogP contribution in [0.15, 0.2) is 12.1 Å². The number of hydrogen-bond acceptors (Lipinski definition) is 3. The van der Waals surface area contributed by atoms with E-state index in [1.54, 1.807) is 13.2 Å². The van der Waals surface area contributed by atoms with Crippen LogP contribution in [-0.2, 0) is 4.79 Å². The molecule has 1 amide bonds. The number of nitrogens with one attached hydrogen (secondary N) is 2. The van der Waals surface area contributed by atoms with Crippen LogP contribution in [0.5, 0.6) is 5.75 Å². The molecule has 4 nitrogen and oxygen atoms in total. The molecule has 1 aromatic rings. The summed E-state index contributed by atoms with van der Waals surface area (Å²) in [6, 6.07) is 3.70. The number of hydrogen-bond donors (Lipinski definition) is 2. The smallest absolute Gasteiger partial charge is 0.221 e. The quantitative estimate of drug-likeness (QED) is 0.809. The molecule has 0 aromatic heterocycles. The standard InChI is InChI=1S/C14H21ClN2O2/c1-4-6-17-14(18)5-7-16-12-8-10(2)11(15)9-13(12)19-3/h8-9,16H,4-7H2,1-3H3,(H,17,18). The fourth-order valence-electron chi connectivity index (χ4n) is 1.63. The highest BCUT2D eigenvalue weighted by Crippen LogP contribution is 2.30. The van der Waals surface area contributed by atoms with E-state index in [2.05, 4.69) is 10.6 Å². The third-order valence-corrected chi connectivity index (χ3v) is 3.13. The normalized spacial score (nSPS) is 10.1. The van der Waals surface area contributed by atoms with Gasteiger partial charge in [-0.25, -0.2) is 0 Å². The Bertz CT molecular complexity index is 436. The van der Waals surface area contributed by atoms with Crippen LogP contribution in [0, 0.1) is 6.92 Å². The SMILES string of the molecule is CCCNC(=O)CCNc1cc(C)c(Cl)cc1OC. The van der Waals surface area contributed by atoms with E-state index in [0.717, 1.165) is 24.2 Å². The topological polar surface area (TPSA) is 50.4 Å². The Morgan fingerprint density at radius 2 is 2.11 bits per heavy atom. The van der Waals surface area contributed by atoms with Crippen molar-refractivity contribution in [1.82, 2.24) is 5.32 Å². The second kappa shape index (κ2) is 7.89. The zero-order valence-electron chi connectivity index (χ0n) is 11.7. The van der Waals surface area contributed by atoms with Crippen molar-refractivity contribution in [2.45, 2.75) is 26.7 Å². The minimum Gasteiger partial charge on any atom is -0.495 e. The van der Waals surface area contributed by atoms with Crippen molar-refractivity contribution in [2.24, 2.45) is 0 Å². The van der Waals surface area contributed by atoms with Crippen molar-refractivity contribution in [3.8, 4) is 5.75 Å². The van der Waals surface area contributed by atoms with E-state index >= 15 is 0 Å². The highest BCUT2D eigenvalue weighted by atomic mass is 35.5. The number of ether oxygens (including phenoxy) is 1. The predicted octanol–water partition coefficient (Wildman–Crippen LogP) is 2.99. The maximum absolute atomic E-state index is 11.5. The number of carbonyl (C=O) groups is 1. The van der Waals surface area contributed by atoms with Gasteiger partial charge in [0.2, 0.25) is 5.91 Å². The van der Waals surface area contributed by atoms with Crippen molar-refractivity contribution >= 4 is 23.2 Å². The number of amides is 1. The molecule has 1 aromatic carbocycles. The monoisotopic (exact) mass is 284 g/mol. The van der Waals surface area contributed by atoms with Crippen LogP contribution in [0.3, 0.4) is 0 Å². The van der Waals surface area contributed by atoms with Gasteiger partial charge in [0.1, 0.15) is 5.75 Å². The van der Waals surface area contributed by atoms with Crippen molar-refractivity contribution in [2.75, 3.05) is 25.5 Å². The summed E-state index contributed by atoms with van der Waals surface area (Å²) in [5, 5.41) is 6.70. The summed E-state index contributed by atoms with van der Waals surface area (Å²) in [5.41, 5.74) is 1.83. The van der Waals surface area contributed by atoms with Crippen LogP contribution in [0.2, 0.25) is 5.02 Å². The average molecular weight is 285 g/mol. The number of benzene rings is 1. The molecule has 5 heteroatoms. The second-order valence-electron chi connectivity index (χ2n) is 4.33. The van der Waals surface area contributed by atoms with Gasteiger partial charge in [0.25, 0.3) is 0 Å². The summed E-state index contributed by atoms with van der Waals surface area (Å²) >= 11 is 6.03. The molecule has 19 heavy (non-hydrogen) atoms. The van der Waals surface area contributed by atoms with Crippen molar-refractivity contribution in [3.63, 3.8) is 0 Å². The lowest BCUT2D eigenvalue weighted by molar-refractivity contribution is -0.120. The molecule has 0 aliphatic heterocycles. The second-order valence-corrected chi connectivity index (χ2v) is 4.74. The summed E-state index contributed by atoms with van der Waals surface area (Å²) in [4.78, 5) is 11.5. The Morgan fingerprint density at radius 3 is 2.74 bits per heavy atom. The molecule has 0 saturated heterocycles. The van der Waals surface area contributed by atoms with E-state index in [4.69, 9.17) is 16.3 Å². The van der Waals surface area contributed by atoms with Gasteiger partial charge < -0.3 is 15.4 Å². The summed E-state index contributed by atoms with van der Waals surface area (Å²) in [6.45, 7) is 5.25. The van der Waals surface area contributed by atoms with Crippen LogP contribution in [0.25, 0.3) is 0 Å². The highest BCUT2D eigenvalue weighted by molar-refractivity contribution is 6.31. The van der Waals surface area contributed by atoms with E-state index in [0.29, 0.717) is 23.7 Å². The Hall–Kier alpha value is -1.42. The first kappa shape index (κ1) is 15.6. The van der Waals surface area contributed by atoms with Gasteiger partial charge in [-0.3, -0.25) is 4.79 Å².